The van der Waals surface area contributed by atoms with Crippen LogP contribution in [0.1, 0.15) is 16.8 Å². The van der Waals surface area contributed by atoms with Crippen LogP contribution in [-0.4, -0.2) is 28.4 Å². The number of hydrogen-bond acceptors (Lipinski definition) is 4. The van der Waals surface area contributed by atoms with Crippen LogP contribution in [0.3, 0.4) is 0 Å². The molecule has 0 atom stereocenters. The van der Waals surface area contributed by atoms with E-state index in [0.29, 0.717) is 22.2 Å². The quantitative estimate of drug-likeness (QED) is 0.755. The van der Waals surface area contributed by atoms with Crippen molar-refractivity contribution in [3.8, 4) is 0 Å². The number of rotatable bonds is 5. The summed E-state index contributed by atoms with van der Waals surface area (Å²) in [5, 5.41) is 0.526. The summed E-state index contributed by atoms with van der Waals surface area (Å²) in [6.07, 6.45) is 1.60. The minimum Gasteiger partial charge on any atom is -0.366 e. The van der Waals surface area contributed by atoms with Crippen molar-refractivity contribution in [1.82, 2.24) is 9.55 Å². The number of fused-ring (bicyclic) bond motifs is 1. The molecule has 7 nitrogen and oxygen atoms in total. The summed E-state index contributed by atoms with van der Waals surface area (Å²) in [7, 11) is 1.64. The second-order valence-electron chi connectivity index (χ2n) is 5.87. The van der Waals surface area contributed by atoms with Gasteiger partial charge in [-0.1, -0.05) is 12.1 Å². The number of para-hydroxylation sites is 1. The highest BCUT2D eigenvalue weighted by atomic mass is 16.2. The van der Waals surface area contributed by atoms with Gasteiger partial charge in [-0.05, 0) is 36.4 Å². The summed E-state index contributed by atoms with van der Waals surface area (Å²) in [6.45, 7) is 0.235. The number of aromatic nitrogens is 2. The Balaban J connectivity index is 1.71. The van der Waals surface area contributed by atoms with Crippen molar-refractivity contribution in [2.75, 3.05) is 11.9 Å². The van der Waals surface area contributed by atoms with E-state index in [2.05, 4.69) is 4.98 Å². The maximum absolute atomic E-state index is 12.4. The van der Waals surface area contributed by atoms with Crippen molar-refractivity contribution in [3.63, 3.8) is 0 Å². The molecule has 0 aliphatic rings. The van der Waals surface area contributed by atoms with E-state index in [1.54, 1.807) is 49.5 Å². The van der Waals surface area contributed by atoms with Gasteiger partial charge in [-0.3, -0.25) is 19.0 Å². The highest BCUT2D eigenvalue weighted by Crippen LogP contribution is 2.15. The fourth-order valence-electron chi connectivity index (χ4n) is 2.64. The van der Waals surface area contributed by atoms with Gasteiger partial charge >= 0.3 is 0 Å². The molecule has 2 amide bonds. The van der Waals surface area contributed by atoms with Gasteiger partial charge in [-0.2, -0.15) is 0 Å². The molecular formula is C19H18N4O3. The molecule has 3 aromatic rings. The Morgan fingerprint density at radius 2 is 1.81 bits per heavy atom. The van der Waals surface area contributed by atoms with E-state index in [0.717, 1.165) is 0 Å². The zero-order valence-electron chi connectivity index (χ0n) is 14.3. The fraction of sp³-hybridized carbons (Fsp3) is 0.158. The van der Waals surface area contributed by atoms with Gasteiger partial charge in [-0.25, -0.2) is 4.98 Å². The van der Waals surface area contributed by atoms with Crippen molar-refractivity contribution in [3.05, 3.63) is 70.8 Å². The first kappa shape index (κ1) is 17.3. The Hall–Kier alpha value is -3.48. The number of benzene rings is 2. The summed E-state index contributed by atoms with van der Waals surface area (Å²) in [5.41, 5.74) is 6.69. The maximum atomic E-state index is 12.4. The second-order valence-corrected chi connectivity index (χ2v) is 5.87. The minimum atomic E-state index is -0.520. The molecule has 0 unspecified atom stereocenters. The molecule has 0 saturated carbocycles. The highest BCUT2D eigenvalue weighted by molar-refractivity contribution is 5.95. The molecule has 0 aliphatic carbocycles. The lowest BCUT2D eigenvalue weighted by atomic mass is 10.2. The number of nitrogens with zero attached hydrogens (tertiary/aromatic N) is 3. The van der Waals surface area contributed by atoms with Crippen molar-refractivity contribution in [2.24, 2.45) is 5.73 Å². The van der Waals surface area contributed by atoms with Crippen LogP contribution < -0.4 is 16.2 Å². The molecule has 132 valence electrons. The van der Waals surface area contributed by atoms with Crippen molar-refractivity contribution < 1.29 is 9.59 Å². The van der Waals surface area contributed by atoms with Gasteiger partial charge in [0, 0.05) is 31.3 Å². The van der Waals surface area contributed by atoms with Crippen LogP contribution in [-0.2, 0) is 11.3 Å². The van der Waals surface area contributed by atoms with E-state index in [1.165, 1.54) is 15.8 Å². The molecule has 1 heterocycles. The third-order valence-corrected chi connectivity index (χ3v) is 4.21. The largest absolute Gasteiger partial charge is 0.366 e. The second kappa shape index (κ2) is 7.18. The van der Waals surface area contributed by atoms with Gasteiger partial charge in [-0.15, -0.1) is 0 Å². The summed E-state index contributed by atoms with van der Waals surface area (Å²) in [5.74, 6) is -0.675. The number of primary amides is 1. The number of hydrogen-bond donors (Lipinski definition) is 1. The standard InChI is InChI=1S/C19H18N4O3/c1-22(14-8-6-13(7-9-14)18(20)25)17(24)10-11-23-12-21-16-5-3-2-4-15(16)19(23)26/h2-9,12H,10-11H2,1H3,(H2,20,25). The molecule has 26 heavy (non-hydrogen) atoms. The first-order chi connectivity index (χ1) is 12.5. The van der Waals surface area contributed by atoms with Gasteiger partial charge in [0.15, 0.2) is 0 Å². The Morgan fingerprint density at radius 1 is 1.12 bits per heavy atom. The van der Waals surface area contributed by atoms with Gasteiger partial charge in [0.1, 0.15) is 0 Å². The predicted molar refractivity (Wildman–Crippen MR) is 99.0 cm³/mol. The SMILES string of the molecule is CN(C(=O)CCn1cnc2ccccc2c1=O)c1ccc(C(N)=O)cc1. The number of carbonyl (C=O) groups excluding carboxylic acids is 2. The number of aryl methyl sites for hydroxylation is 1. The predicted octanol–water partition coefficient (Wildman–Crippen LogP) is 1.55. The van der Waals surface area contributed by atoms with Crippen LogP contribution in [0, 0.1) is 0 Å². The van der Waals surface area contributed by atoms with Gasteiger partial charge < -0.3 is 10.6 Å². The third kappa shape index (κ3) is 3.46. The lowest BCUT2D eigenvalue weighted by Gasteiger charge is -2.18. The van der Waals surface area contributed by atoms with E-state index in [9.17, 15) is 14.4 Å². The molecule has 1 aromatic heterocycles. The Labute approximate surface area is 149 Å². The molecule has 0 saturated heterocycles. The van der Waals surface area contributed by atoms with Crippen LogP contribution >= 0.6 is 0 Å². The van der Waals surface area contributed by atoms with Crippen LogP contribution in [0.5, 0.6) is 0 Å². The van der Waals surface area contributed by atoms with Crippen LogP contribution in [0.25, 0.3) is 10.9 Å². The lowest BCUT2D eigenvalue weighted by molar-refractivity contribution is -0.118. The Kier molecular flexibility index (Phi) is 4.79. The summed E-state index contributed by atoms with van der Waals surface area (Å²) < 4.78 is 1.43. The zero-order valence-corrected chi connectivity index (χ0v) is 14.3. The van der Waals surface area contributed by atoms with E-state index in [4.69, 9.17) is 5.73 Å². The monoisotopic (exact) mass is 350 g/mol. The molecule has 0 radical (unpaired) electrons. The average molecular weight is 350 g/mol. The van der Waals surface area contributed by atoms with Crippen molar-refractivity contribution in [1.29, 1.82) is 0 Å². The normalized spacial score (nSPS) is 10.7. The molecule has 3 rings (SSSR count). The van der Waals surface area contributed by atoms with Crippen molar-refractivity contribution >= 4 is 28.4 Å². The summed E-state index contributed by atoms with van der Waals surface area (Å²) >= 11 is 0. The molecule has 0 spiro atoms. The zero-order chi connectivity index (χ0) is 18.7. The molecule has 0 fully saturated rings. The molecule has 7 heteroatoms. The van der Waals surface area contributed by atoms with Gasteiger partial charge in [0.05, 0.1) is 17.2 Å². The van der Waals surface area contributed by atoms with Gasteiger partial charge in [0.25, 0.3) is 5.56 Å². The maximum Gasteiger partial charge on any atom is 0.261 e. The number of amides is 2. The van der Waals surface area contributed by atoms with E-state index in [-0.39, 0.29) is 24.4 Å². The summed E-state index contributed by atoms with van der Waals surface area (Å²) in [4.78, 5) is 41.7. The third-order valence-electron chi connectivity index (χ3n) is 4.21. The molecular weight excluding hydrogens is 332 g/mol. The van der Waals surface area contributed by atoms with Crippen LogP contribution in [0.4, 0.5) is 5.69 Å². The average Bonchev–Trinajstić information content (AvgIpc) is 2.67. The molecule has 0 bridgehead atoms. The van der Waals surface area contributed by atoms with E-state index < -0.39 is 5.91 Å². The van der Waals surface area contributed by atoms with Crippen LogP contribution in [0.2, 0.25) is 0 Å². The molecule has 2 N–H and O–H groups in total. The number of nitrogens with two attached hydrogens (primary N) is 1. The smallest absolute Gasteiger partial charge is 0.261 e. The first-order valence-corrected chi connectivity index (χ1v) is 8.08. The van der Waals surface area contributed by atoms with Crippen LogP contribution in [0.15, 0.2) is 59.7 Å². The van der Waals surface area contributed by atoms with Gasteiger partial charge in [0.2, 0.25) is 11.8 Å². The van der Waals surface area contributed by atoms with E-state index >= 15 is 0 Å². The highest BCUT2D eigenvalue weighted by Gasteiger charge is 2.12. The minimum absolute atomic E-state index is 0.147. The summed E-state index contributed by atoms with van der Waals surface area (Å²) in [6, 6.07) is 13.5. The Morgan fingerprint density at radius 3 is 2.50 bits per heavy atom. The molecule has 2 aromatic carbocycles. The number of anilines is 1. The fourth-order valence-corrected chi connectivity index (χ4v) is 2.64. The lowest BCUT2D eigenvalue weighted by Crippen LogP contribution is -2.29. The number of carbonyl (C=O) groups is 2. The Bertz CT molecular complexity index is 1020. The molecule has 0 aliphatic heterocycles. The van der Waals surface area contributed by atoms with Crippen molar-refractivity contribution in [2.45, 2.75) is 13.0 Å². The first-order valence-electron chi connectivity index (χ1n) is 8.08. The van der Waals surface area contributed by atoms with E-state index in [1.807, 2.05) is 6.07 Å². The topological polar surface area (TPSA) is 98.3 Å².